The third kappa shape index (κ3) is 3.11. The molecule has 0 aliphatic rings. The highest BCUT2D eigenvalue weighted by Gasteiger charge is 2.14. The highest BCUT2D eigenvalue weighted by Crippen LogP contribution is 2.35. The Morgan fingerprint density at radius 1 is 1.53 bits per heavy atom. The predicted molar refractivity (Wildman–Crippen MR) is 67.8 cm³/mol. The van der Waals surface area contributed by atoms with Crippen molar-refractivity contribution in [1.29, 1.82) is 0 Å². The number of nitrogens with one attached hydrogen (secondary N) is 1. The molecule has 0 fully saturated rings. The van der Waals surface area contributed by atoms with Crippen LogP contribution in [-0.4, -0.2) is 24.7 Å². The van der Waals surface area contributed by atoms with Crippen molar-refractivity contribution in [3.05, 3.63) is 22.2 Å². The van der Waals surface area contributed by atoms with Crippen LogP contribution in [0.1, 0.15) is 17.5 Å². The van der Waals surface area contributed by atoms with Gasteiger partial charge in [0.15, 0.2) is 0 Å². The Morgan fingerprint density at radius 3 is 2.71 bits per heavy atom. The van der Waals surface area contributed by atoms with Crippen LogP contribution in [0.4, 0.5) is 5.69 Å². The van der Waals surface area contributed by atoms with Crippen LogP contribution in [0.3, 0.4) is 0 Å². The Balaban J connectivity index is 3.13. The number of amides is 1. The quantitative estimate of drug-likeness (QED) is 0.870. The van der Waals surface area contributed by atoms with Crippen LogP contribution in [0, 0.1) is 13.8 Å². The van der Waals surface area contributed by atoms with E-state index in [0.29, 0.717) is 16.5 Å². The second kappa shape index (κ2) is 5.89. The smallest absolute Gasteiger partial charge is 0.226 e. The summed E-state index contributed by atoms with van der Waals surface area (Å²) in [7, 11) is 1.53. The fraction of sp³-hybridized carbons (Fsp3) is 0.417. The van der Waals surface area contributed by atoms with Gasteiger partial charge in [0.25, 0.3) is 0 Å². The van der Waals surface area contributed by atoms with E-state index in [1.807, 2.05) is 13.8 Å². The predicted octanol–water partition coefficient (Wildman–Crippen LogP) is 2.29. The number of benzene rings is 1. The van der Waals surface area contributed by atoms with E-state index < -0.39 is 0 Å². The van der Waals surface area contributed by atoms with E-state index in [2.05, 4.69) is 5.32 Å². The molecule has 1 aromatic carbocycles. The van der Waals surface area contributed by atoms with Crippen LogP contribution < -0.4 is 10.1 Å². The standard InChI is InChI=1S/C12H16ClNO3/c1-7-6-9(17-3)12(8(2)11(7)13)14-10(16)4-5-15/h6,15H,4-5H2,1-3H3,(H,14,16). The molecule has 2 N–H and O–H groups in total. The van der Waals surface area contributed by atoms with Crippen molar-refractivity contribution in [2.45, 2.75) is 20.3 Å². The van der Waals surface area contributed by atoms with Gasteiger partial charge in [0.2, 0.25) is 5.91 Å². The summed E-state index contributed by atoms with van der Waals surface area (Å²) in [5, 5.41) is 12.0. The Bertz CT molecular complexity index is 432. The summed E-state index contributed by atoms with van der Waals surface area (Å²) in [6, 6.07) is 1.77. The second-order valence-corrected chi connectivity index (χ2v) is 4.11. The van der Waals surface area contributed by atoms with Gasteiger partial charge in [-0.15, -0.1) is 0 Å². The zero-order valence-corrected chi connectivity index (χ0v) is 10.9. The number of carbonyl (C=O) groups is 1. The van der Waals surface area contributed by atoms with Gasteiger partial charge in [0.05, 0.1) is 25.8 Å². The normalized spacial score (nSPS) is 10.2. The maximum atomic E-state index is 11.5. The molecule has 0 heterocycles. The monoisotopic (exact) mass is 257 g/mol. The minimum atomic E-state index is -0.270. The highest BCUT2D eigenvalue weighted by atomic mass is 35.5. The Labute approximate surface area is 106 Å². The molecule has 0 aliphatic heterocycles. The van der Waals surface area contributed by atoms with Gasteiger partial charge in [0, 0.05) is 5.02 Å². The Hall–Kier alpha value is -1.26. The van der Waals surface area contributed by atoms with Crippen molar-refractivity contribution < 1.29 is 14.6 Å². The average Bonchev–Trinajstić information content (AvgIpc) is 2.30. The first-order valence-electron chi connectivity index (χ1n) is 5.25. The van der Waals surface area contributed by atoms with Gasteiger partial charge < -0.3 is 15.2 Å². The van der Waals surface area contributed by atoms with Crippen molar-refractivity contribution >= 4 is 23.2 Å². The average molecular weight is 258 g/mol. The van der Waals surface area contributed by atoms with Crippen molar-refractivity contribution in [2.75, 3.05) is 19.0 Å². The molecule has 1 aromatic rings. The molecule has 0 radical (unpaired) electrons. The molecule has 4 nitrogen and oxygen atoms in total. The van der Waals surface area contributed by atoms with Gasteiger partial charge in [-0.1, -0.05) is 11.6 Å². The van der Waals surface area contributed by atoms with Gasteiger partial charge in [-0.2, -0.15) is 0 Å². The molecule has 0 saturated heterocycles. The molecule has 0 saturated carbocycles. The lowest BCUT2D eigenvalue weighted by Gasteiger charge is -2.15. The van der Waals surface area contributed by atoms with Gasteiger partial charge in [-0.3, -0.25) is 4.79 Å². The Morgan fingerprint density at radius 2 is 2.18 bits per heavy atom. The molecule has 0 aliphatic carbocycles. The van der Waals surface area contributed by atoms with E-state index in [4.69, 9.17) is 21.4 Å². The van der Waals surface area contributed by atoms with Gasteiger partial charge in [-0.25, -0.2) is 0 Å². The highest BCUT2D eigenvalue weighted by molar-refractivity contribution is 6.32. The summed E-state index contributed by atoms with van der Waals surface area (Å²) < 4.78 is 5.21. The Kier molecular flexibility index (Phi) is 4.78. The number of hydrogen-bond acceptors (Lipinski definition) is 3. The molecule has 0 unspecified atom stereocenters. The molecule has 0 aromatic heterocycles. The zero-order valence-electron chi connectivity index (χ0n) is 10.1. The topological polar surface area (TPSA) is 58.6 Å². The molecule has 0 atom stereocenters. The van der Waals surface area contributed by atoms with Crippen molar-refractivity contribution in [3.8, 4) is 5.75 Å². The number of carbonyl (C=O) groups excluding carboxylic acids is 1. The lowest BCUT2D eigenvalue weighted by Crippen LogP contribution is -2.14. The van der Waals surface area contributed by atoms with Crippen LogP contribution in [0.25, 0.3) is 0 Å². The SMILES string of the molecule is COc1cc(C)c(Cl)c(C)c1NC(=O)CCO. The first-order chi connectivity index (χ1) is 8.01. The third-order valence-corrected chi connectivity index (χ3v) is 3.05. The number of anilines is 1. The molecule has 94 valence electrons. The maximum absolute atomic E-state index is 11.5. The molecule has 1 amide bonds. The molecule has 1 rings (SSSR count). The van der Waals surface area contributed by atoms with Crippen LogP contribution in [-0.2, 0) is 4.79 Å². The van der Waals surface area contributed by atoms with Crippen LogP contribution in [0.15, 0.2) is 6.07 Å². The minimum absolute atomic E-state index is 0.0497. The zero-order chi connectivity index (χ0) is 13.0. The van der Waals surface area contributed by atoms with Gasteiger partial charge in [-0.05, 0) is 31.0 Å². The number of ether oxygens (including phenoxy) is 1. The summed E-state index contributed by atoms with van der Waals surface area (Å²) >= 11 is 6.12. The fourth-order valence-corrected chi connectivity index (χ4v) is 1.69. The maximum Gasteiger partial charge on any atom is 0.226 e. The van der Waals surface area contributed by atoms with Crippen LogP contribution in [0.2, 0.25) is 5.02 Å². The number of aliphatic hydroxyl groups excluding tert-OH is 1. The number of hydrogen-bond donors (Lipinski definition) is 2. The van der Waals surface area contributed by atoms with E-state index in [1.54, 1.807) is 6.07 Å². The van der Waals surface area contributed by atoms with E-state index in [9.17, 15) is 4.79 Å². The van der Waals surface area contributed by atoms with Gasteiger partial charge >= 0.3 is 0 Å². The van der Waals surface area contributed by atoms with Crippen molar-refractivity contribution in [1.82, 2.24) is 0 Å². The summed E-state index contributed by atoms with van der Waals surface area (Å²) in [5.74, 6) is 0.296. The number of rotatable bonds is 4. The first kappa shape index (κ1) is 13.8. The molecule has 17 heavy (non-hydrogen) atoms. The number of aliphatic hydroxyl groups is 1. The van der Waals surface area contributed by atoms with Crippen molar-refractivity contribution in [3.63, 3.8) is 0 Å². The fourth-order valence-electron chi connectivity index (χ4n) is 1.54. The number of aryl methyl sites for hydroxylation is 1. The van der Waals surface area contributed by atoms with E-state index in [0.717, 1.165) is 11.1 Å². The second-order valence-electron chi connectivity index (χ2n) is 3.73. The number of methoxy groups -OCH3 is 1. The summed E-state index contributed by atoms with van der Waals surface area (Å²) in [6.45, 7) is 3.50. The number of halogens is 1. The van der Waals surface area contributed by atoms with Crippen LogP contribution >= 0.6 is 11.6 Å². The van der Waals surface area contributed by atoms with Gasteiger partial charge in [0.1, 0.15) is 5.75 Å². The van der Waals surface area contributed by atoms with E-state index >= 15 is 0 Å². The molecule has 5 heteroatoms. The van der Waals surface area contributed by atoms with E-state index in [1.165, 1.54) is 7.11 Å². The summed E-state index contributed by atoms with van der Waals surface area (Å²) in [5.41, 5.74) is 2.21. The lowest BCUT2D eigenvalue weighted by molar-refractivity contribution is -0.116. The van der Waals surface area contributed by atoms with E-state index in [-0.39, 0.29) is 18.9 Å². The first-order valence-corrected chi connectivity index (χ1v) is 5.63. The minimum Gasteiger partial charge on any atom is -0.495 e. The van der Waals surface area contributed by atoms with Crippen molar-refractivity contribution in [2.24, 2.45) is 0 Å². The summed E-state index contributed by atoms with van der Waals surface area (Å²) in [6.07, 6.45) is 0.0497. The third-order valence-electron chi connectivity index (χ3n) is 2.47. The largest absolute Gasteiger partial charge is 0.495 e. The van der Waals surface area contributed by atoms with Crippen LogP contribution in [0.5, 0.6) is 5.75 Å². The summed E-state index contributed by atoms with van der Waals surface area (Å²) in [4.78, 5) is 11.5. The molecule has 0 bridgehead atoms. The molecular weight excluding hydrogens is 242 g/mol. The molecule has 0 spiro atoms. The molecular formula is C12H16ClNO3. The lowest BCUT2D eigenvalue weighted by atomic mass is 10.1.